The Kier molecular flexibility index (Phi) is 7.39. The molecular weight excluding hydrogens is 568 g/mol. The van der Waals surface area contributed by atoms with Gasteiger partial charge in [-0.05, 0) is 36.1 Å². The number of nitrogens with one attached hydrogen (secondary N) is 2. The van der Waals surface area contributed by atoms with Gasteiger partial charge in [-0.1, -0.05) is 72.8 Å². The van der Waals surface area contributed by atoms with Gasteiger partial charge >= 0.3 is 12.1 Å². The molecule has 1 unspecified atom stereocenters. The van der Waals surface area contributed by atoms with Crippen LogP contribution in [-0.4, -0.2) is 60.1 Å². The highest BCUT2D eigenvalue weighted by Gasteiger charge is 2.56. The summed E-state index contributed by atoms with van der Waals surface area (Å²) < 4.78 is 10.9. The van der Waals surface area contributed by atoms with E-state index in [1.807, 2.05) is 48.5 Å². The highest BCUT2D eigenvalue weighted by Crippen LogP contribution is 2.46. The summed E-state index contributed by atoms with van der Waals surface area (Å²) in [5.74, 6) is -2.77. The van der Waals surface area contributed by atoms with Crippen molar-refractivity contribution < 1.29 is 33.4 Å². The molecule has 0 aromatic heterocycles. The van der Waals surface area contributed by atoms with Gasteiger partial charge in [0.05, 0.1) is 17.1 Å². The molecule has 0 saturated heterocycles. The highest BCUT2D eigenvalue weighted by molar-refractivity contribution is 8.04. The van der Waals surface area contributed by atoms with Gasteiger partial charge in [-0.3, -0.25) is 14.4 Å². The van der Waals surface area contributed by atoms with E-state index in [0.717, 1.165) is 34.0 Å². The number of rotatable bonds is 7. The van der Waals surface area contributed by atoms with E-state index in [0.29, 0.717) is 0 Å². The molecule has 6 rings (SSSR count). The molecule has 3 aromatic carbocycles. The molecule has 10 heteroatoms. The molecule has 1 heterocycles. The van der Waals surface area contributed by atoms with Crippen LogP contribution in [0.5, 0.6) is 0 Å². The number of ether oxygens (including phenoxy) is 2. The third kappa shape index (κ3) is 4.71. The Morgan fingerprint density at radius 1 is 0.860 bits per heavy atom. The van der Waals surface area contributed by atoms with Crippen LogP contribution >= 0.6 is 11.8 Å². The van der Waals surface area contributed by atoms with E-state index in [2.05, 4.69) is 10.6 Å². The summed E-state index contributed by atoms with van der Waals surface area (Å²) in [5, 5.41) is 5.17. The number of esters is 1. The number of carbonyl (C=O) groups is 5. The fourth-order valence-electron chi connectivity index (χ4n) is 5.90. The largest absolute Gasteiger partial charge is 0.464 e. The van der Waals surface area contributed by atoms with Gasteiger partial charge in [0.1, 0.15) is 12.6 Å². The van der Waals surface area contributed by atoms with Crippen LogP contribution < -0.4 is 10.6 Å². The minimum absolute atomic E-state index is 0.00396. The molecule has 2 amide bonds. The Labute approximate surface area is 252 Å². The van der Waals surface area contributed by atoms with E-state index in [4.69, 9.17) is 9.47 Å². The maximum Gasteiger partial charge on any atom is 0.407 e. The van der Waals surface area contributed by atoms with Gasteiger partial charge in [0, 0.05) is 22.8 Å². The highest BCUT2D eigenvalue weighted by atomic mass is 32.2. The Bertz CT molecular complexity index is 1690. The summed E-state index contributed by atoms with van der Waals surface area (Å²) in [5.41, 5.74) is 2.67. The molecule has 2 aliphatic carbocycles. The molecule has 1 aliphatic heterocycles. The van der Waals surface area contributed by atoms with Crippen LogP contribution in [0.3, 0.4) is 0 Å². The van der Waals surface area contributed by atoms with E-state index in [1.165, 1.54) is 13.0 Å². The smallest absolute Gasteiger partial charge is 0.407 e. The predicted molar refractivity (Wildman–Crippen MR) is 160 cm³/mol. The molecule has 0 fully saturated rings. The van der Waals surface area contributed by atoms with Gasteiger partial charge in [-0.2, -0.15) is 0 Å². The molecule has 3 aromatic rings. The Hall–Kier alpha value is -4.70. The van der Waals surface area contributed by atoms with Crippen LogP contribution in [0.4, 0.5) is 4.79 Å². The van der Waals surface area contributed by atoms with Crippen LogP contribution in [0.2, 0.25) is 0 Å². The van der Waals surface area contributed by atoms with Crippen LogP contribution in [-0.2, 0) is 19.1 Å². The van der Waals surface area contributed by atoms with Crippen molar-refractivity contribution in [2.45, 2.75) is 31.3 Å². The van der Waals surface area contributed by atoms with Gasteiger partial charge < -0.3 is 20.1 Å². The van der Waals surface area contributed by atoms with Crippen molar-refractivity contribution in [1.29, 1.82) is 0 Å². The number of ketones is 2. The maximum atomic E-state index is 13.6. The minimum atomic E-state index is -1.90. The fourth-order valence-corrected chi connectivity index (χ4v) is 7.24. The van der Waals surface area contributed by atoms with Crippen molar-refractivity contribution in [1.82, 2.24) is 10.6 Å². The number of carbonyl (C=O) groups excluding carboxylic acids is 5. The van der Waals surface area contributed by atoms with Crippen molar-refractivity contribution in [3.05, 3.63) is 106 Å². The first-order valence-corrected chi connectivity index (χ1v) is 14.9. The standard InChI is InChI=1S/C33H28N2O7S/c1-3-41-31(39)33(17-43-29-26(33)27(36)23-14-8-9-15-24(23)28(29)37)35-30(38)18(2)34-32(40)42-16-25-21-12-6-4-10-19(21)20-11-5-7-13-22(20)25/h4-15,18,25H,3,16-17H2,1-2H3,(H,34,40)(H,35,38)/t18-,33?/m0/s1. The molecule has 2 N–H and O–H groups in total. The van der Waals surface area contributed by atoms with Gasteiger partial charge in [-0.15, -0.1) is 11.8 Å². The van der Waals surface area contributed by atoms with Crippen molar-refractivity contribution in [2.24, 2.45) is 0 Å². The zero-order valence-corrected chi connectivity index (χ0v) is 24.3. The number of Topliss-reactive ketones (excluding diaryl/α,β-unsaturated/α-hetero) is 2. The van der Waals surface area contributed by atoms with Crippen LogP contribution in [0.1, 0.15) is 51.6 Å². The third-order valence-corrected chi connectivity index (χ3v) is 9.22. The first kappa shape index (κ1) is 28.4. The van der Waals surface area contributed by atoms with E-state index in [9.17, 15) is 24.0 Å². The first-order valence-electron chi connectivity index (χ1n) is 13.9. The van der Waals surface area contributed by atoms with Gasteiger partial charge in [0.2, 0.25) is 11.7 Å². The fraction of sp³-hybridized carbons (Fsp3) is 0.242. The molecule has 2 atom stereocenters. The lowest BCUT2D eigenvalue weighted by atomic mass is 9.79. The van der Waals surface area contributed by atoms with E-state index in [1.54, 1.807) is 25.1 Å². The number of thioether (sulfide) groups is 1. The number of allylic oxidation sites excluding steroid dienone is 1. The summed E-state index contributed by atoms with van der Waals surface area (Å²) in [6, 6.07) is 21.1. The summed E-state index contributed by atoms with van der Waals surface area (Å²) in [6.07, 6.45) is -0.812. The van der Waals surface area contributed by atoms with E-state index in [-0.39, 0.29) is 52.3 Å². The molecule has 43 heavy (non-hydrogen) atoms. The van der Waals surface area contributed by atoms with Gasteiger partial charge in [0.15, 0.2) is 11.3 Å². The van der Waals surface area contributed by atoms with Crippen molar-refractivity contribution in [3.63, 3.8) is 0 Å². The molecule has 9 nitrogen and oxygen atoms in total. The van der Waals surface area contributed by atoms with Crippen LogP contribution in [0, 0.1) is 0 Å². The Balaban J connectivity index is 1.18. The lowest BCUT2D eigenvalue weighted by Gasteiger charge is -2.32. The zero-order chi connectivity index (χ0) is 30.3. The minimum Gasteiger partial charge on any atom is -0.464 e. The second kappa shape index (κ2) is 11.2. The van der Waals surface area contributed by atoms with Crippen molar-refractivity contribution in [3.8, 4) is 11.1 Å². The van der Waals surface area contributed by atoms with E-state index >= 15 is 0 Å². The lowest BCUT2D eigenvalue weighted by Crippen LogP contribution is -2.62. The summed E-state index contributed by atoms with van der Waals surface area (Å²) in [7, 11) is 0. The molecule has 0 radical (unpaired) electrons. The molecule has 0 saturated carbocycles. The third-order valence-electron chi connectivity index (χ3n) is 7.97. The molecule has 3 aliphatic rings. The SMILES string of the molecule is CCOC(=O)C1(NC(=O)[C@H](C)NC(=O)OCC2c3ccccc3-c3ccccc32)CSC2=C1C(=O)c1ccccc1C2=O. The molecular formula is C33H28N2O7S. The monoisotopic (exact) mass is 596 g/mol. The number of alkyl carbamates (subject to hydrolysis) is 1. The lowest BCUT2D eigenvalue weighted by molar-refractivity contribution is -0.150. The summed E-state index contributed by atoms with van der Waals surface area (Å²) >= 11 is 1.02. The quantitative estimate of drug-likeness (QED) is 0.384. The molecule has 218 valence electrons. The van der Waals surface area contributed by atoms with E-state index < -0.39 is 35.3 Å². The van der Waals surface area contributed by atoms with Crippen LogP contribution in [0.25, 0.3) is 11.1 Å². The normalized spacial score (nSPS) is 19.1. The number of amides is 2. The zero-order valence-electron chi connectivity index (χ0n) is 23.5. The average molecular weight is 597 g/mol. The average Bonchev–Trinajstić information content (AvgIpc) is 3.56. The second-order valence-corrected chi connectivity index (χ2v) is 11.5. The van der Waals surface area contributed by atoms with Gasteiger partial charge in [0.25, 0.3) is 0 Å². The molecule has 0 bridgehead atoms. The maximum absolute atomic E-state index is 13.6. The Morgan fingerprint density at radius 3 is 2.02 bits per heavy atom. The Morgan fingerprint density at radius 2 is 1.42 bits per heavy atom. The van der Waals surface area contributed by atoms with Crippen molar-refractivity contribution in [2.75, 3.05) is 19.0 Å². The molecule has 0 spiro atoms. The van der Waals surface area contributed by atoms with Gasteiger partial charge in [-0.25, -0.2) is 9.59 Å². The first-order chi connectivity index (χ1) is 20.8. The predicted octanol–water partition coefficient (Wildman–Crippen LogP) is 4.41. The summed E-state index contributed by atoms with van der Waals surface area (Å²) in [4.78, 5) is 66.6. The summed E-state index contributed by atoms with van der Waals surface area (Å²) in [6.45, 7) is 3.10. The number of benzene rings is 3. The van der Waals surface area contributed by atoms with Crippen molar-refractivity contribution >= 4 is 41.3 Å². The number of fused-ring (bicyclic) bond motifs is 4. The number of hydrogen-bond donors (Lipinski definition) is 2. The van der Waals surface area contributed by atoms with Crippen LogP contribution in [0.15, 0.2) is 83.3 Å². The second-order valence-electron chi connectivity index (χ2n) is 10.5. The topological polar surface area (TPSA) is 128 Å². The number of hydrogen-bond acceptors (Lipinski definition) is 8.